The zero-order chi connectivity index (χ0) is 23.8. The fraction of sp³-hybridized carbons (Fsp3) is 0.240. The van der Waals surface area contributed by atoms with E-state index in [-0.39, 0.29) is 0 Å². The summed E-state index contributed by atoms with van der Waals surface area (Å²) in [4.78, 5) is 24.3. The third-order valence-electron chi connectivity index (χ3n) is 6.28. The predicted octanol–water partition coefficient (Wildman–Crippen LogP) is 4.77. The maximum absolute atomic E-state index is 6.51. The normalized spacial score (nSPS) is 15.1. The number of aromatic amines is 2. The molecule has 0 radical (unpaired) electrons. The van der Waals surface area contributed by atoms with Gasteiger partial charge in [0.05, 0.1) is 16.4 Å². The Morgan fingerprint density at radius 1 is 1.06 bits per heavy atom. The lowest BCUT2D eigenvalue weighted by atomic mass is 10.1. The van der Waals surface area contributed by atoms with Gasteiger partial charge in [0.1, 0.15) is 17.7 Å². The molecule has 1 fully saturated rings. The average molecular weight is 489 g/mol. The number of ether oxygens (including phenoxy) is 1. The minimum Gasteiger partial charge on any atom is -0.438 e. The molecule has 2 aromatic carbocycles. The van der Waals surface area contributed by atoms with Crippen molar-refractivity contribution in [2.45, 2.75) is 6.54 Å². The zero-order valence-corrected chi connectivity index (χ0v) is 20.0. The van der Waals surface area contributed by atoms with Gasteiger partial charge in [0.25, 0.3) is 0 Å². The Labute approximate surface area is 207 Å². The average Bonchev–Trinajstić information content (AvgIpc) is 3.49. The molecule has 0 atom stereocenters. The lowest BCUT2D eigenvalue weighted by Crippen LogP contribution is -2.43. The molecule has 0 saturated carbocycles. The molecule has 10 heteroatoms. The van der Waals surface area contributed by atoms with Crippen molar-refractivity contribution in [3.63, 3.8) is 0 Å². The molecule has 0 amide bonds. The fourth-order valence-corrected chi connectivity index (χ4v) is 4.49. The molecule has 0 unspecified atom stereocenters. The Bertz CT molecular complexity index is 1490. The Hall–Kier alpha value is -3.66. The number of H-pyrrole nitrogens is 2. The number of imidazole rings is 1. The minimum atomic E-state index is 0.502. The highest BCUT2D eigenvalue weighted by Gasteiger charge is 2.16. The third kappa shape index (κ3) is 4.66. The number of hydrogen-bond donors (Lipinski definition) is 3. The molecule has 0 spiro atoms. The molecule has 0 bridgehead atoms. The summed E-state index contributed by atoms with van der Waals surface area (Å²) < 4.78 is 6.03. The van der Waals surface area contributed by atoms with Crippen molar-refractivity contribution in [1.29, 1.82) is 0 Å². The van der Waals surface area contributed by atoms with E-state index in [2.05, 4.69) is 53.2 Å². The van der Waals surface area contributed by atoms with Crippen LogP contribution in [0.15, 0.2) is 55.0 Å². The lowest BCUT2D eigenvalue weighted by molar-refractivity contribution is 0.148. The van der Waals surface area contributed by atoms with Crippen LogP contribution in [0.3, 0.4) is 0 Å². The molecular formula is C25H25ClN8O. The molecule has 3 aromatic heterocycles. The van der Waals surface area contributed by atoms with Crippen LogP contribution in [0.25, 0.3) is 22.1 Å². The van der Waals surface area contributed by atoms with Crippen LogP contribution in [0.5, 0.6) is 11.6 Å². The van der Waals surface area contributed by atoms with Crippen LogP contribution in [-0.2, 0) is 6.54 Å². The highest BCUT2D eigenvalue weighted by atomic mass is 35.5. The summed E-state index contributed by atoms with van der Waals surface area (Å²) >= 11 is 6.51. The van der Waals surface area contributed by atoms with Crippen molar-refractivity contribution in [3.05, 3.63) is 65.6 Å². The first kappa shape index (κ1) is 21.8. The summed E-state index contributed by atoms with van der Waals surface area (Å²) in [6.07, 6.45) is 3.30. The highest BCUT2D eigenvalue weighted by Crippen LogP contribution is 2.29. The van der Waals surface area contributed by atoms with Crippen LogP contribution >= 0.6 is 11.6 Å². The molecule has 5 aromatic rings. The van der Waals surface area contributed by atoms with E-state index in [0.717, 1.165) is 71.1 Å². The molecule has 0 aliphatic carbocycles. The van der Waals surface area contributed by atoms with Gasteiger partial charge < -0.3 is 24.9 Å². The van der Waals surface area contributed by atoms with Crippen LogP contribution in [0, 0.1) is 0 Å². The second-order valence-corrected chi connectivity index (χ2v) is 9.20. The Morgan fingerprint density at radius 2 is 1.94 bits per heavy atom. The van der Waals surface area contributed by atoms with E-state index in [9.17, 15) is 0 Å². The summed E-state index contributed by atoms with van der Waals surface area (Å²) in [5.41, 5.74) is 4.47. The summed E-state index contributed by atoms with van der Waals surface area (Å²) in [7, 11) is 2.16. The molecule has 9 nitrogen and oxygen atoms in total. The highest BCUT2D eigenvalue weighted by molar-refractivity contribution is 6.31. The molecule has 6 rings (SSSR count). The summed E-state index contributed by atoms with van der Waals surface area (Å²) in [5.74, 6) is 1.82. The number of rotatable bonds is 6. The number of likely N-dealkylation sites (N-methyl/N-ethyl adjacent to an activating group) is 1. The maximum Gasteiger partial charge on any atom is 0.231 e. The first-order chi connectivity index (χ1) is 17.1. The Kier molecular flexibility index (Phi) is 5.73. The zero-order valence-electron chi connectivity index (χ0n) is 19.3. The second kappa shape index (κ2) is 9.18. The van der Waals surface area contributed by atoms with E-state index in [1.807, 2.05) is 42.6 Å². The van der Waals surface area contributed by atoms with E-state index in [4.69, 9.17) is 16.3 Å². The number of hydrogen-bond acceptors (Lipinski definition) is 7. The Balaban J connectivity index is 1.19. The number of piperazine rings is 1. The van der Waals surface area contributed by atoms with Crippen molar-refractivity contribution in [2.24, 2.45) is 0 Å². The van der Waals surface area contributed by atoms with Gasteiger partial charge in [-0.15, -0.1) is 0 Å². The van der Waals surface area contributed by atoms with E-state index in [1.165, 1.54) is 6.33 Å². The largest absolute Gasteiger partial charge is 0.438 e. The van der Waals surface area contributed by atoms with Gasteiger partial charge in [-0.3, -0.25) is 4.90 Å². The number of halogens is 1. The topological polar surface area (TPSA) is 98.0 Å². The van der Waals surface area contributed by atoms with E-state index in [0.29, 0.717) is 17.6 Å². The standard InChI is InChI=1S/C25H25ClN8O/c1-33-8-10-34(11-9-33)14-16-12-17(2-4-20(16)26)30-25-31-21-5-3-18(13-22(21)32-25)35-24-19-6-7-27-23(19)28-15-29-24/h2-7,12-13,15H,8-11,14H2,1H3,(H,27,28,29)(H2,30,31,32). The molecule has 1 aliphatic rings. The quantitative estimate of drug-likeness (QED) is 0.316. The molecule has 1 saturated heterocycles. The van der Waals surface area contributed by atoms with E-state index >= 15 is 0 Å². The number of anilines is 2. The van der Waals surface area contributed by atoms with Gasteiger partial charge in [-0.1, -0.05) is 11.6 Å². The van der Waals surface area contributed by atoms with E-state index in [1.54, 1.807) is 0 Å². The summed E-state index contributed by atoms with van der Waals surface area (Å²) in [5, 5.41) is 4.99. The van der Waals surface area contributed by atoms with Crippen LogP contribution in [-0.4, -0.2) is 67.9 Å². The van der Waals surface area contributed by atoms with Crippen molar-refractivity contribution < 1.29 is 4.74 Å². The Morgan fingerprint density at radius 3 is 2.83 bits per heavy atom. The van der Waals surface area contributed by atoms with Crippen LogP contribution in [0.4, 0.5) is 11.6 Å². The SMILES string of the molecule is CN1CCN(Cc2cc(Nc3nc4ccc(Oc5ncnc6[nH]ccc56)cc4[nH]3)ccc2Cl)CC1. The minimum absolute atomic E-state index is 0.502. The first-order valence-electron chi connectivity index (χ1n) is 11.5. The monoisotopic (exact) mass is 488 g/mol. The molecule has 35 heavy (non-hydrogen) atoms. The number of benzene rings is 2. The van der Waals surface area contributed by atoms with Crippen molar-refractivity contribution in [1.82, 2.24) is 34.7 Å². The van der Waals surface area contributed by atoms with Crippen molar-refractivity contribution in [3.8, 4) is 11.6 Å². The number of aromatic nitrogens is 5. The summed E-state index contributed by atoms with van der Waals surface area (Å²) in [6.45, 7) is 5.08. The third-order valence-corrected chi connectivity index (χ3v) is 6.65. The fourth-order valence-electron chi connectivity index (χ4n) is 4.31. The van der Waals surface area contributed by atoms with Gasteiger partial charge in [0.2, 0.25) is 11.8 Å². The smallest absolute Gasteiger partial charge is 0.231 e. The molecule has 4 heterocycles. The van der Waals surface area contributed by atoms with Gasteiger partial charge in [-0.05, 0) is 49.0 Å². The van der Waals surface area contributed by atoms with Gasteiger partial charge in [0, 0.05) is 55.7 Å². The van der Waals surface area contributed by atoms with Crippen molar-refractivity contribution >= 4 is 45.3 Å². The van der Waals surface area contributed by atoms with Gasteiger partial charge in [0.15, 0.2) is 0 Å². The molecular weight excluding hydrogens is 464 g/mol. The van der Waals surface area contributed by atoms with Gasteiger partial charge in [-0.25, -0.2) is 15.0 Å². The van der Waals surface area contributed by atoms with Gasteiger partial charge >= 0.3 is 0 Å². The van der Waals surface area contributed by atoms with Crippen molar-refractivity contribution in [2.75, 3.05) is 38.5 Å². The number of nitrogens with zero attached hydrogens (tertiary/aromatic N) is 5. The molecule has 1 aliphatic heterocycles. The number of nitrogens with one attached hydrogen (secondary N) is 3. The van der Waals surface area contributed by atoms with Crippen LogP contribution < -0.4 is 10.1 Å². The first-order valence-corrected chi connectivity index (χ1v) is 11.9. The van der Waals surface area contributed by atoms with Crippen LogP contribution in [0.2, 0.25) is 5.02 Å². The summed E-state index contributed by atoms with van der Waals surface area (Å²) in [6, 6.07) is 13.6. The van der Waals surface area contributed by atoms with E-state index < -0.39 is 0 Å². The number of fused-ring (bicyclic) bond motifs is 2. The lowest BCUT2D eigenvalue weighted by Gasteiger charge is -2.32. The molecule has 3 N–H and O–H groups in total. The van der Waals surface area contributed by atoms with Crippen LogP contribution in [0.1, 0.15) is 5.56 Å². The predicted molar refractivity (Wildman–Crippen MR) is 138 cm³/mol. The maximum atomic E-state index is 6.51. The van der Waals surface area contributed by atoms with Gasteiger partial charge in [-0.2, -0.15) is 0 Å². The second-order valence-electron chi connectivity index (χ2n) is 8.80. The molecule has 178 valence electrons.